The molecule has 2 atom stereocenters. The first-order valence-corrected chi connectivity index (χ1v) is 15.9. The van der Waals surface area contributed by atoms with Crippen molar-refractivity contribution in [3.05, 3.63) is 84.2 Å². The van der Waals surface area contributed by atoms with Crippen LogP contribution in [0.15, 0.2) is 73.1 Å². The smallest absolute Gasteiger partial charge is 0.0695 e. The van der Waals surface area contributed by atoms with Crippen molar-refractivity contribution >= 4 is 28.0 Å². The maximum absolute atomic E-state index is 4.83. The molecule has 2 heterocycles. The summed E-state index contributed by atoms with van der Waals surface area (Å²) in [6.07, 6.45) is 13.5. The Hall–Kier alpha value is -1.62. The number of nitrogens with zero attached hydrogens (tertiary/aromatic N) is 2. The summed E-state index contributed by atoms with van der Waals surface area (Å²) in [6.45, 7) is 7.49. The summed E-state index contributed by atoms with van der Waals surface area (Å²) >= 11 is 0. The molecule has 3 aromatic rings. The Morgan fingerprint density at radius 1 is 0.778 bits per heavy atom. The lowest BCUT2D eigenvalue weighted by Crippen LogP contribution is -2.58. The minimum atomic E-state index is -0.691. The molecule has 0 radical (unpaired) electrons. The SMILES string of the molecule is CC(C)(C)C(P)(c1ccccc1CP(c1ccccn1)c1ccccn1)C12CC3CC(CC(C3)C1)C2. The Bertz CT molecular complexity index is 1130. The highest BCUT2D eigenvalue weighted by Crippen LogP contribution is 2.72. The highest BCUT2D eigenvalue weighted by atomic mass is 31.1. The average Bonchev–Trinajstić information content (AvgIpc) is 2.86. The summed E-state index contributed by atoms with van der Waals surface area (Å²) < 4.78 is 0. The van der Waals surface area contributed by atoms with Gasteiger partial charge in [0.1, 0.15) is 0 Å². The van der Waals surface area contributed by atoms with E-state index in [1.54, 1.807) is 5.56 Å². The van der Waals surface area contributed by atoms with Gasteiger partial charge in [-0.15, -0.1) is 9.24 Å². The van der Waals surface area contributed by atoms with Crippen LogP contribution in [0.3, 0.4) is 0 Å². The second-order valence-electron chi connectivity index (χ2n) is 12.9. The van der Waals surface area contributed by atoms with Crippen LogP contribution in [0.25, 0.3) is 0 Å². The third-order valence-electron chi connectivity index (χ3n) is 9.68. The van der Waals surface area contributed by atoms with Crippen LogP contribution in [-0.2, 0) is 11.3 Å². The molecule has 0 spiro atoms. The Morgan fingerprint density at radius 2 is 1.28 bits per heavy atom. The highest BCUT2D eigenvalue weighted by molar-refractivity contribution is 7.71. The molecular formula is C32H40N2P2. The van der Waals surface area contributed by atoms with Gasteiger partial charge in [-0.25, -0.2) is 0 Å². The normalized spacial score (nSPS) is 28.9. The fourth-order valence-electron chi connectivity index (χ4n) is 8.60. The highest BCUT2D eigenvalue weighted by Gasteiger charge is 2.62. The van der Waals surface area contributed by atoms with E-state index in [1.807, 2.05) is 24.5 Å². The summed E-state index contributed by atoms with van der Waals surface area (Å²) in [6, 6.07) is 22.1. The van der Waals surface area contributed by atoms with Crippen LogP contribution in [0.1, 0.15) is 70.4 Å². The number of rotatable bonds is 6. The van der Waals surface area contributed by atoms with E-state index in [-0.39, 0.29) is 10.6 Å². The van der Waals surface area contributed by atoms with E-state index < -0.39 is 7.92 Å². The molecule has 4 aliphatic carbocycles. The minimum absolute atomic E-state index is 0.0435. The summed E-state index contributed by atoms with van der Waals surface area (Å²) in [5, 5.41) is 0.0435. The van der Waals surface area contributed by atoms with Crippen molar-refractivity contribution in [3.63, 3.8) is 0 Å². The molecule has 4 aliphatic rings. The molecule has 4 saturated carbocycles. The third kappa shape index (κ3) is 4.08. The Morgan fingerprint density at radius 3 is 1.75 bits per heavy atom. The lowest BCUT2D eigenvalue weighted by molar-refractivity contribution is -0.101. The van der Waals surface area contributed by atoms with Gasteiger partial charge in [-0.05, 0) is 103 Å². The molecule has 7 rings (SSSR count). The Balaban J connectivity index is 1.47. The molecule has 2 nitrogen and oxygen atoms in total. The topological polar surface area (TPSA) is 25.8 Å². The van der Waals surface area contributed by atoms with Crippen molar-refractivity contribution in [1.29, 1.82) is 0 Å². The molecule has 1 aromatic carbocycles. The zero-order chi connectivity index (χ0) is 25.0. The monoisotopic (exact) mass is 514 g/mol. The van der Waals surface area contributed by atoms with E-state index in [4.69, 9.17) is 9.97 Å². The van der Waals surface area contributed by atoms with Crippen molar-refractivity contribution < 1.29 is 0 Å². The Kier molecular flexibility index (Phi) is 6.37. The van der Waals surface area contributed by atoms with E-state index >= 15 is 0 Å². The molecule has 0 N–H and O–H groups in total. The van der Waals surface area contributed by atoms with E-state index in [2.05, 4.69) is 78.5 Å². The first-order chi connectivity index (χ1) is 17.3. The van der Waals surface area contributed by atoms with Crippen LogP contribution in [0, 0.1) is 28.6 Å². The molecule has 0 aliphatic heterocycles. The van der Waals surface area contributed by atoms with Crippen LogP contribution in [0.4, 0.5) is 0 Å². The van der Waals surface area contributed by atoms with Crippen LogP contribution in [-0.4, -0.2) is 9.97 Å². The molecule has 0 saturated heterocycles. The zero-order valence-corrected chi connectivity index (χ0v) is 24.1. The van der Waals surface area contributed by atoms with Gasteiger partial charge < -0.3 is 0 Å². The van der Waals surface area contributed by atoms with Crippen LogP contribution >= 0.6 is 17.2 Å². The Labute approximate surface area is 221 Å². The fraction of sp³-hybridized carbons (Fsp3) is 0.500. The maximum atomic E-state index is 4.83. The van der Waals surface area contributed by atoms with E-state index in [1.165, 1.54) is 55.0 Å². The molecule has 2 aromatic heterocycles. The lowest BCUT2D eigenvalue weighted by Gasteiger charge is -2.66. The number of hydrogen-bond donors (Lipinski definition) is 0. The van der Waals surface area contributed by atoms with Gasteiger partial charge in [0, 0.05) is 31.6 Å². The van der Waals surface area contributed by atoms with Gasteiger partial charge in [-0.1, -0.05) is 57.2 Å². The number of pyridine rings is 2. The molecular weight excluding hydrogens is 474 g/mol. The van der Waals surface area contributed by atoms with Crippen molar-refractivity contribution in [2.75, 3.05) is 0 Å². The third-order valence-corrected chi connectivity index (χ3v) is 13.8. The maximum Gasteiger partial charge on any atom is 0.0695 e. The first kappa shape index (κ1) is 24.7. The second-order valence-corrected chi connectivity index (χ2v) is 15.8. The van der Waals surface area contributed by atoms with Gasteiger partial charge in [0.15, 0.2) is 0 Å². The van der Waals surface area contributed by atoms with Crippen molar-refractivity contribution in [2.45, 2.75) is 70.6 Å². The molecule has 36 heavy (non-hydrogen) atoms. The molecule has 2 unspecified atom stereocenters. The van der Waals surface area contributed by atoms with Crippen LogP contribution < -0.4 is 10.9 Å². The van der Waals surface area contributed by atoms with Gasteiger partial charge >= 0.3 is 0 Å². The van der Waals surface area contributed by atoms with Gasteiger partial charge in [-0.3, -0.25) is 9.97 Å². The summed E-state index contributed by atoms with van der Waals surface area (Å²) in [4.78, 5) is 9.66. The molecule has 0 amide bonds. The first-order valence-electron chi connectivity index (χ1n) is 13.8. The minimum Gasteiger partial charge on any atom is -0.256 e. The number of hydrogen-bond acceptors (Lipinski definition) is 2. The van der Waals surface area contributed by atoms with Crippen molar-refractivity contribution in [3.8, 4) is 0 Å². The van der Waals surface area contributed by atoms with Gasteiger partial charge in [0.05, 0.1) is 10.9 Å². The number of benzene rings is 1. The second kappa shape index (κ2) is 9.29. The van der Waals surface area contributed by atoms with Crippen molar-refractivity contribution in [2.24, 2.45) is 28.6 Å². The molecule has 4 bridgehead atoms. The van der Waals surface area contributed by atoms with Gasteiger partial charge in [0.25, 0.3) is 0 Å². The van der Waals surface area contributed by atoms with Gasteiger partial charge in [-0.2, -0.15) is 0 Å². The van der Waals surface area contributed by atoms with E-state index in [0.29, 0.717) is 5.41 Å². The predicted molar refractivity (Wildman–Crippen MR) is 156 cm³/mol. The fourth-order valence-corrected chi connectivity index (χ4v) is 11.4. The zero-order valence-electron chi connectivity index (χ0n) is 22.0. The van der Waals surface area contributed by atoms with Crippen LogP contribution in [0.2, 0.25) is 0 Å². The largest absolute Gasteiger partial charge is 0.256 e. The molecule has 4 heteroatoms. The van der Waals surface area contributed by atoms with E-state index in [0.717, 1.165) is 23.9 Å². The molecule has 4 fully saturated rings. The van der Waals surface area contributed by atoms with E-state index in [9.17, 15) is 0 Å². The summed E-state index contributed by atoms with van der Waals surface area (Å²) in [5.41, 5.74) is 5.89. The predicted octanol–water partition coefficient (Wildman–Crippen LogP) is 7.44. The average molecular weight is 515 g/mol. The molecule has 188 valence electrons. The van der Waals surface area contributed by atoms with Gasteiger partial charge in [0.2, 0.25) is 0 Å². The summed E-state index contributed by atoms with van der Waals surface area (Å²) in [5.74, 6) is 2.81. The lowest BCUT2D eigenvalue weighted by atomic mass is 9.42. The standard InChI is InChI=1S/C32H40N2P2/c1-30(2,3)32(35,31-19-23-16-24(20-31)18-25(17-23)21-31)27-11-5-4-10-26(27)22-36(28-12-6-8-14-33-28)29-13-7-9-15-34-29/h4-15,23-25H,16-22,35H2,1-3H3. The number of aromatic nitrogens is 2. The van der Waals surface area contributed by atoms with Crippen molar-refractivity contribution in [1.82, 2.24) is 9.97 Å². The van der Waals surface area contributed by atoms with Crippen LogP contribution in [0.5, 0.6) is 0 Å². The summed E-state index contributed by atoms with van der Waals surface area (Å²) in [7, 11) is 2.84. The quantitative estimate of drug-likeness (QED) is 0.320.